The van der Waals surface area contributed by atoms with Gasteiger partial charge >= 0.3 is 0 Å². The normalized spacial score (nSPS) is 23.1. The predicted octanol–water partition coefficient (Wildman–Crippen LogP) is 3.58. The lowest BCUT2D eigenvalue weighted by Gasteiger charge is -2.27. The summed E-state index contributed by atoms with van der Waals surface area (Å²) in [5, 5.41) is 1.91. The van der Waals surface area contributed by atoms with Crippen molar-refractivity contribution in [2.24, 2.45) is 5.41 Å². The van der Waals surface area contributed by atoms with Gasteiger partial charge in [0.1, 0.15) is 0 Å². The van der Waals surface area contributed by atoms with E-state index in [2.05, 4.69) is 28.4 Å². The van der Waals surface area contributed by atoms with Crippen LogP contribution >= 0.6 is 11.3 Å². The molecule has 166 valence electrons. The van der Waals surface area contributed by atoms with Gasteiger partial charge in [-0.15, -0.1) is 11.3 Å². The van der Waals surface area contributed by atoms with Gasteiger partial charge in [0.2, 0.25) is 5.91 Å². The van der Waals surface area contributed by atoms with E-state index in [9.17, 15) is 9.59 Å². The average molecular weight is 450 g/mol. The number of aromatic nitrogens is 3. The molecule has 1 spiro atoms. The van der Waals surface area contributed by atoms with Crippen LogP contribution in [0.2, 0.25) is 0 Å². The van der Waals surface area contributed by atoms with E-state index < -0.39 is 5.41 Å². The molecule has 0 saturated carbocycles. The van der Waals surface area contributed by atoms with Crippen molar-refractivity contribution in [1.29, 1.82) is 0 Å². The minimum atomic E-state index is -0.634. The van der Waals surface area contributed by atoms with E-state index >= 15 is 0 Å². The van der Waals surface area contributed by atoms with Crippen molar-refractivity contribution in [1.82, 2.24) is 24.3 Å². The van der Waals surface area contributed by atoms with E-state index in [1.54, 1.807) is 12.4 Å². The van der Waals surface area contributed by atoms with Crippen LogP contribution in [0.5, 0.6) is 0 Å². The van der Waals surface area contributed by atoms with Crippen LogP contribution in [0.4, 0.5) is 0 Å². The van der Waals surface area contributed by atoms with E-state index in [1.807, 2.05) is 52.0 Å². The van der Waals surface area contributed by atoms with E-state index in [0.717, 1.165) is 17.7 Å². The molecule has 0 aliphatic carbocycles. The fourth-order valence-electron chi connectivity index (χ4n) is 5.00. The van der Waals surface area contributed by atoms with Gasteiger partial charge in [0.25, 0.3) is 5.91 Å². The molecule has 0 N–H and O–H groups in total. The zero-order chi connectivity index (χ0) is 22.3. The lowest BCUT2D eigenvalue weighted by Crippen LogP contribution is -2.40. The fourth-order valence-corrected chi connectivity index (χ4v) is 5.69. The number of imidazole rings is 1. The molecular formula is C24H27N5O2S. The van der Waals surface area contributed by atoms with E-state index in [1.165, 1.54) is 11.3 Å². The Kier molecular flexibility index (Phi) is 5.33. The Hall–Kier alpha value is -3.00. The number of hydrogen-bond acceptors (Lipinski definition) is 5. The highest BCUT2D eigenvalue weighted by Crippen LogP contribution is 2.50. The number of amides is 2. The molecule has 2 aliphatic rings. The summed E-state index contributed by atoms with van der Waals surface area (Å²) in [7, 11) is 0. The van der Waals surface area contributed by atoms with Crippen LogP contribution in [0.1, 0.15) is 53.2 Å². The molecule has 0 unspecified atom stereocenters. The Balaban J connectivity index is 1.47. The van der Waals surface area contributed by atoms with Crippen LogP contribution in [0.25, 0.3) is 0 Å². The first-order chi connectivity index (χ1) is 15.5. The lowest BCUT2D eigenvalue weighted by molar-refractivity contribution is -0.136. The molecule has 3 aromatic heterocycles. The van der Waals surface area contributed by atoms with E-state index in [-0.39, 0.29) is 17.7 Å². The van der Waals surface area contributed by atoms with Crippen molar-refractivity contribution < 1.29 is 9.59 Å². The quantitative estimate of drug-likeness (QED) is 0.597. The first kappa shape index (κ1) is 20.9. The van der Waals surface area contributed by atoms with Crippen LogP contribution in [0, 0.1) is 5.41 Å². The van der Waals surface area contributed by atoms with Gasteiger partial charge in [-0.3, -0.25) is 14.6 Å². The standard InChI is InChI=1S/C24H27N5O2S/c1-17(2)29-14-20(26-16-29)19-13-28(22(30)21-6-4-10-32-21)15-24(19)7-9-27(23(24)31)12-18-5-3-8-25-11-18/h3-6,8,10-11,14,16-17,19H,7,9,12-13,15H2,1-2H3/t19-,24-/m0/s1. The van der Waals surface area contributed by atoms with Crippen molar-refractivity contribution in [3.8, 4) is 0 Å². The first-order valence-electron chi connectivity index (χ1n) is 11.0. The van der Waals surface area contributed by atoms with Crippen LogP contribution < -0.4 is 0 Å². The molecule has 7 nitrogen and oxygen atoms in total. The Labute approximate surface area is 191 Å². The molecule has 5 rings (SSSR count). The number of hydrogen-bond donors (Lipinski definition) is 0. The van der Waals surface area contributed by atoms with Gasteiger partial charge in [0.05, 0.1) is 22.3 Å². The van der Waals surface area contributed by atoms with E-state index in [4.69, 9.17) is 0 Å². The zero-order valence-corrected chi connectivity index (χ0v) is 19.2. The summed E-state index contributed by atoms with van der Waals surface area (Å²) < 4.78 is 2.07. The number of carbonyl (C=O) groups is 2. The molecule has 2 aliphatic heterocycles. The van der Waals surface area contributed by atoms with E-state index in [0.29, 0.717) is 37.1 Å². The first-order valence-corrected chi connectivity index (χ1v) is 11.9. The maximum atomic E-state index is 13.8. The minimum Gasteiger partial charge on any atom is -0.338 e. The number of likely N-dealkylation sites (tertiary alicyclic amines) is 2. The molecular weight excluding hydrogens is 422 g/mol. The number of carbonyl (C=O) groups excluding carboxylic acids is 2. The SMILES string of the molecule is CC(C)n1cnc([C@@H]2CN(C(=O)c3cccs3)C[C@@]23CCN(Cc2cccnc2)C3=O)c1. The second kappa shape index (κ2) is 8.16. The molecule has 5 heterocycles. The summed E-state index contributed by atoms with van der Waals surface area (Å²) in [5.74, 6) is 0.00779. The molecule has 2 atom stereocenters. The van der Waals surface area contributed by atoms with Gasteiger partial charge in [0.15, 0.2) is 0 Å². The molecule has 3 aromatic rings. The zero-order valence-electron chi connectivity index (χ0n) is 18.3. The summed E-state index contributed by atoms with van der Waals surface area (Å²) in [6, 6.07) is 7.92. The van der Waals surface area contributed by atoms with Crippen molar-refractivity contribution in [3.05, 3.63) is 70.7 Å². The molecule has 8 heteroatoms. The van der Waals surface area contributed by atoms with Crippen molar-refractivity contribution >= 4 is 23.2 Å². The summed E-state index contributed by atoms with van der Waals surface area (Å²) in [6.07, 6.45) is 8.15. The van der Waals surface area contributed by atoms with Gasteiger partial charge in [-0.05, 0) is 43.3 Å². The topological polar surface area (TPSA) is 71.3 Å². The lowest BCUT2D eigenvalue weighted by atomic mass is 9.75. The summed E-state index contributed by atoms with van der Waals surface area (Å²) in [5.41, 5.74) is 1.28. The highest BCUT2D eigenvalue weighted by Gasteiger charge is 2.58. The largest absolute Gasteiger partial charge is 0.338 e. The molecule has 0 aromatic carbocycles. The van der Waals surface area contributed by atoms with Gasteiger partial charge in [-0.2, -0.15) is 0 Å². The summed E-state index contributed by atoms with van der Waals surface area (Å²) >= 11 is 1.44. The smallest absolute Gasteiger partial charge is 0.263 e. The molecule has 2 saturated heterocycles. The maximum absolute atomic E-state index is 13.8. The van der Waals surface area contributed by atoms with Crippen LogP contribution in [-0.4, -0.2) is 55.8 Å². The van der Waals surface area contributed by atoms with Gasteiger partial charge in [0, 0.05) is 56.7 Å². The minimum absolute atomic E-state index is 0.00340. The second-order valence-corrected chi connectivity index (χ2v) is 10.00. The Morgan fingerprint density at radius 1 is 1.31 bits per heavy atom. The van der Waals surface area contributed by atoms with Crippen LogP contribution in [0.15, 0.2) is 54.6 Å². The van der Waals surface area contributed by atoms with Crippen molar-refractivity contribution in [2.45, 2.75) is 38.8 Å². The molecule has 32 heavy (non-hydrogen) atoms. The third-order valence-corrected chi connectivity index (χ3v) is 7.63. The highest BCUT2D eigenvalue weighted by molar-refractivity contribution is 7.12. The Morgan fingerprint density at radius 3 is 2.88 bits per heavy atom. The molecule has 0 bridgehead atoms. The monoisotopic (exact) mass is 449 g/mol. The molecule has 2 amide bonds. The molecule has 0 radical (unpaired) electrons. The number of pyridine rings is 1. The Morgan fingerprint density at radius 2 is 2.19 bits per heavy atom. The van der Waals surface area contributed by atoms with Gasteiger partial charge in [-0.25, -0.2) is 4.98 Å². The number of rotatable bonds is 5. The van der Waals surface area contributed by atoms with Crippen LogP contribution in [0.3, 0.4) is 0 Å². The van der Waals surface area contributed by atoms with Crippen molar-refractivity contribution in [2.75, 3.05) is 19.6 Å². The average Bonchev–Trinajstić information content (AvgIpc) is 3.58. The highest BCUT2D eigenvalue weighted by atomic mass is 32.1. The van der Waals surface area contributed by atoms with Gasteiger partial charge in [-0.1, -0.05) is 12.1 Å². The summed E-state index contributed by atoms with van der Waals surface area (Å²) in [4.78, 5) is 40.4. The summed E-state index contributed by atoms with van der Waals surface area (Å²) in [6.45, 7) is 6.39. The molecule has 2 fully saturated rings. The predicted molar refractivity (Wildman–Crippen MR) is 122 cm³/mol. The fraction of sp³-hybridized carbons (Fsp3) is 0.417. The maximum Gasteiger partial charge on any atom is 0.263 e. The van der Waals surface area contributed by atoms with Crippen LogP contribution in [-0.2, 0) is 11.3 Å². The van der Waals surface area contributed by atoms with Crippen molar-refractivity contribution in [3.63, 3.8) is 0 Å². The number of nitrogens with zero attached hydrogens (tertiary/aromatic N) is 5. The third-order valence-electron chi connectivity index (χ3n) is 6.77. The number of thiophene rings is 1. The van der Waals surface area contributed by atoms with Gasteiger partial charge < -0.3 is 14.4 Å². The third kappa shape index (κ3) is 3.52. The Bertz CT molecular complexity index is 1110. The second-order valence-electron chi connectivity index (χ2n) is 9.05.